The van der Waals surface area contributed by atoms with E-state index in [1.807, 2.05) is 14.1 Å². The smallest absolute Gasteiger partial charge is 0.220 e. The van der Waals surface area contributed by atoms with Crippen LogP contribution in [0.5, 0.6) is 0 Å². The Morgan fingerprint density at radius 2 is 2.04 bits per heavy atom. The maximum Gasteiger partial charge on any atom is 0.220 e. The third-order valence-electron chi connectivity index (χ3n) is 4.69. The number of carbonyl (C=O) groups is 1. The molecular formula is C19H31N3O. The highest BCUT2D eigenvalue weighted by atomic mass is 16.1. The number of rotatable bonds is 7. The lowest BCUT2D eigenvalue weighted by Crippen LogP contribution is -2.33. The Morgan fingerprint density at radius 3 is 2.70 bits per heavy atom. The lowest BCUT2D eigenvalue weighted by Gasteiger charge is -2.29. The van der Waals surface area contributed by atoms with E-state index in [1.165, 1.54) is 30.6 Å². The quantitative estimate of drug-likeness (QED) is 0.839. The summed E-state index contributed by atoms with van der Waals surface area (Å²) in [5, 5.41) is 3.06. The first-order chi connectivity index (χ1) is 11.0. The maximum absolute atomic E-state index is 12.0. The van der Waals surface area contributed by atoms with Crippen molar-refractivity contribution in [2.75, 3.05) is 45.7 Å². The number of hydrogen-bond acceptors (Lipinski definition) is 3. The number of likely N-dealkylation sites (tertiary alicyclic amines) is 1. The number of amides is 1. The van der Waals surface area contributed by atoms with Gasteiger partial charge in [-0.2, -0.15) is 0 Å². The van der Waals surface area contributed by atoms with Crippen LogP contribution in [0, 0.1) is 5.92 Å². The van der Waals surface area contributed by atoms with Gasteiger partial charge in [-0.25, -0.2) is 0 Å². The van der Waals surface area contributed by atoms with Crippen LogP contribution in [0.2, 0.25) is 0 Å². The molecule has 1 amide bonds. The van der Waals surface area contributed by atoms with Gasteiger partial charge in [0, 0.05) is 39.3 Å². The van der Waals surface area contributed by atoms with E-state index in [2.05, 4.69) is 46.4 Å². The van der Waals surface area contributed by atoms with Crippen molar-refractivity contribution in [2.24, 2.45) is 5.92 Å². The second kappa shape index (κ2) is 8.92. The molecule has 0 aromatic heterocycles. The van der Waals surface area contributed by atoms with Crippen LogP contribution in [0.25, 0.3) is 0 Å². The van der Waals surface area contributed by atoms with Crippen molar-refractivity contribution < 1.29 is 4.79 Å². The predicted molar refractivity (Wildman–Crippen MR) is 96.9 cm³/mol. The van der Waals surface area contributed by atoms with Gasteiger partial charge in [0.05, 0.1) is 0 Å². The average Bonchev–Trinajstić information content (AvgIpc) is 2.53. The summed E-state index contributed by atoms with van der Waals surface area (Å²) in [6, 6.07) is 8.52. The molecule has 1 atom stereocenters. The zero-order valence-electron chi connectivity index (χ0n) is 14.8. The Kier molecular flexibility index (Phi) is 6.90. The fraction of sp³-hybridized carbons (Fsp3) is 0.632. The third-order valence-corrected chi connectivity index (χ3v) is 4.69. The van der Waals surface area contributed by atoms with Gasteiger partial charge in [0.2, 0.25) is 5.91 Å². The van der Waals surface area contributed by atoms with E-state index < -0.39 is 0 Å². The summed E-state index contributed by atoms with van der Waals surface area (Å²) in [4.78, 5) is 16.4. The molecule has 0 saturated carbocycles. The molecule has 0 aliphatic carbocycles. The van der Waals surface area contributed by atoms with Gasteiger partial charge in [-0.3, -0.25) is 4.79 Å². The van der Waals surface area contributed by atoms with Crippen molar-refractivity contribution >= 4 is 11.6 Å². The number of anilines is 1. The summed E-state index contributed by atoms with van der Waals surface area (Å²) in [5.41, 5.74) is 2.47. The van der Waals surface area contributed by atoms with Gasteiger partial charge < -0.3 is 15.1 Å². The molecule has 1 fully saturated rings. The highest BCUT2D eigenvalue weighted by Crippen LogP contribution is 2.19. The second-order valence-corrected chi connectivity index (χ2v) is 6.97. The van der Waals surface area contributed by atoms with Crippen molar-refractivity contribution in [1.29, 1.82) is 0 Å². The molecule has 1 aliphatic heterocycles. The molecule has 0 radical (unpaired) electrons. The second-order valence-electron chi connectivity index (χ2n) is 6.97. The van der Waals surface area contributed by atoms with Crippen LogP contribution in [-0.2, 0) is 11.2 Å². The van der Waals surface area contributed by atoms with E-state index in [4.69, 9.17) is 0 Å². The van der Waals surface area contributed by atoms with Crippen molar-refractivity contribution in [2.45, 2.75) is 32.1 Å². The Balaban J connectivity index is 1.62. The van der Waals surface area contributed by atoms with Crippen molar-refractivity contribution in [1.82, 2.24) is 10.2 Å². The first-order valence-electron chi connectivity index (χ1n) is 8.76. The number of nitrogens with one attached hydrogen (secondary N) is 1. The minimum atomic E-state index is 0.197. The summed E-state index contributed by atoms with van der Waals surface area (Å²) >= 11 is 0. The molecule has 0 unspecified atom stereocenters. The molecule has 1 N–H and O–H groups in total. The van der Waals surface area contributed by atoms with Crippen LogP contribution in [0.1, 0.15) is 31.2 Å². The zero-order chi connectivity index (χ0) is 16.7. The van der Waals surface area contributed by atoms with Crippen LogP contribution in [-0.4, -0.2) is 51.6 Å². The standard InChI is InChI=1S/C19H31N3O/c1-21(2)18-9-6-16(7-10-18)12-13-20-19(23)11-8-17-5-4-14-22(3)15-17/h6-7,9-10,17H,4-5,8,11-15H2,1-3H3,(H,20,23)/t17-/m1/s1. The maximum atomic E-state index is 12.0. The molecule has 4 nitrogen and oxygen atoms in total. The molecule has 0 spiro atoms. The molecular weight excluding hydrogens is 286 g/mol. The van der Waals surface area contributed by atoms with Crippen molar-refractivity contribution in [3.63, 3.8) is 0 Å². The SMILES string of the molecule is CN1CCC[C@H](CCC(=O)NCCc2ccc(N(C)C)cc2)C1. The number of nitrogens with zero attached hydrogens (tertiary/aromatic N) is 2. The van der Waals surface area contributed by atoms with E-state index >= 15 is 0 Å². The lowest BCUT2D eigenvalue weighted by atomic mass is 9.93. The van der Waals surface area contributed by atoms with Gasteiger partial charge in [-0.15, -0.1) is 0 Å². The Bertz CT molecular complexity index is 484. The van der Waals surface area contributed by atoms with Crippen LogP contribution < -0.4 is 10.2 Å². The molecule has 23 heavy (non-hydrogen) atoms. The zero-order valence-corrected chi connectivity index (χ0v) is 14.8. The van der Waals surface area contributed by atoms with Gasteiger partial charge >= 0.3 is 0 Å². The van der Waals surface area contributed by atoms with E-state index in [9.17, 15) is 4.79 Å². The Morgan fingerprint density at radius 1 is 1.30 bits per heavy atom. The van der Waals surface area contributed by atoms with Gasteiger partial charge in [0.15, 0.2) is 0 Å². The Labute approximate surface area is 140 Å². The molecule has 1 heterocycles. The predicted octanol–water partition coefficient (Wildman–Crippen LogP) is 2.53. The number of hydrogen-bond donors (Lipinski definition) is 1. The summed E-state index contributed by atoms with van der Waals surface area (Å²) < 4.78 is 0. The minimum Gasteiger partial charge on any atom is -0.378 e. The average molecular weight is 317 g/mol. The number of piperidine rings is 1. The van der Waals surface area contributed by atoms with E-state index in [-0.39, 0.29) is 5.91 Å². The molecule has 1 aromatic carbocycles. The van der Waals surface area contributed by atoms with Crippen LogP contribution >= 0.6 is 0 Å². The largest absolute Gasteiger partial charge is 0.378 e. The molecule has 0 bridgehead atoms. The van der Waals surface area contributed by atoms with Crippen molar-refractivity contribution in [3.8, 4) is 0 Å². The molecule has 128 valence electrons. The number of benzene rings is 1. The summed E-state index contributed by atoms with van der Waals surface area (Å²) in [6.07, 6.45) is 5.12. The minimum absolute atomic E-state index is 0.197. The lowest BCUT2D eigenvalue weighted by molar-refractivity contribution is -0.121. The van der Waals surface area contributed by atoms with Gasteiger partial charge in [-0.1, -0.05) is 12.1 Å². The van der Waals surface area contributed by atoms with Gasteiger partial charge in [0.25, 0.3) is 0 Å². The van der Waals surface area contributed by atoms with E-state index in [0.717, 1.165) is 25.9 Å². The van der Waals surface area contributed by atoms with Crippen LogP contribution in [0.15, 0.2) is 24.3 Å². The van der Waals surface area contributed by atoms with Gasteiger partial charge in [-0.05, 0) is 62.9 Å². The normalized spacial score (nSPS) is 18.7. The highest BCUT2D eigenvalue weighted by Gasteiger charge is 2.17. The molecule has 1 aromatic rings. The Hall–Kier alpha value is -1.55. The molecule has 4 heteroatoms. The highest BCUT2D eigenvalue weighted by molar-refractivity contribution is 5.75. The number of carbonyl (C=O) groups excluding carboxylic acids is 1. The first-order valence-corrected chi connectivity index (χ1v) is 8.76. The monoisotopic (exact) mass is 317 g/mol. The van der Waals surface area contributed by atoms with Crippen LogP contribution in [0.4, 0.5) is 5.69 Å². The topological polar surface area (TPSA) is 35.6 Å². The fourth-order valence-electron chi connectivity index (χ4n) is 3.24. The summed E-state index contributed by atoms with van der Waals surface area (Å²) in [7, 11) is 6.26. The molecule has 1 saturated heterocycles. The van der Waals surface area contributed by atoms with Gasteiger partial charge in [0.1, 0.15) is 0 Å². The first kappa shape index (κ1) is 17.8. The van der Waals surface area contributed by atoms with Crippen LogP contribution in [0.3, 0.4) is 0 Å². The molecule has 2 rings (SSSR count). The summed E-state index contributed by atoms with van der Waals surface area (Å²) in [6.45, 7) is 3.07. The van der Waals surface area contributed by atoms with E-state index in [1.54, 1.807) is 0 Å². The van der Waals surface area contributed by atoms with E-state index in [0.29, 0.717) is 12.3 Å². The summed E-state index contributed by atoms with van der Waals surface area (Å²) in [5.74, 6) is 0.890. The fourth-order valence-corrected chi connectivity index (χ4v) is 3.24. The molecule has 1 aliphatic rings. The third kappa shape index (κ3) is 6.22. The van der Waals surface area contributed by atoms with Crippen molar-refractivity contribution in [3.05, 3.63) is 29.8 Å².